The maximum absolute atomic E-state index is 11.7. The summed E-state index contributed by atoms with van der Waals surface area (Å²) in [7, 11) is 0. The fraction of sp³-hybridized carbons (Fsp3) is 0.0769. The van der Waals surface area contributed by atoms with E-state index in [1.165, 1.54) is 17.5 Å². The van der Waals surface area contributed by atoms with Gasteiger partial charge in [0.05, 0.1) is 14.2 Å². The molecule has 6 nitrogen and oxygen atoms in total. The summed E-state index contributed by atoms with van der Waals surface area (Å²) >= 11 is 4.85. The fourth-order valence-electron chi connectivity index (χ4n) is 1.53. The molecule has 3 aromatic rings. The summed E-state index contributed by atoms with van der Waals surface area (Å²) in [6, 6.07) is 7.05. The number of aromatic nitrogens is 3. The zero-order chi connectivity index (χ0) is 14.7. The predicted octanol–water partition coefficient (Wildman–Crippen LogP) is 3.31. The Kier molecular flexibility index (Phi) is 4.07. The van der Waals surface area contributed by atoms with E-state index in [0.29, 0.717) is 11.5 Å². The second-order valence-corrected chi connectivity index (χ2v) is 6.39. The third kappa shape index (κ3) is 3.34. The summed E-state index contributed by atoms with van der Waals surface area (Å²) in [5, 5.41) is 7.77. The van der Waals surface area contributed by atoms with Crippen LogP contribution in [0.4, 0.5) is 0 Å². The fourth-order valence-corrected chi connectivity index (χ4v) is 2.84. The molecule has 3 rings (SSSR count). The number of nitrogens with zero attached hydrogens (tertiary/aromatic N) is 3. The van der Waals surface area contributed by atoms with Crippen molar-refractivity contribution in [2.75, 3.05) is 0 Å². The number of rotatable bonds is 4. The molecule has 0 aliphatic carbocycles. The molecule has 0 N–H and O–H groups in total. The Hall–Kier alpha value is -2.06. The quantitative estimate of drug-likeness (QED) is 0.660. The van der Waals surface area contributed by atoms with Gasteiger partial charge in [-0.2, -0.15) is 0 Å². The summed E-state index contributed by atoms with van der Waals surface area (Å²) in [4.78, 5) is 16.4. The second-order valence-electron chi connectivity index (χ2n) is 3.92. The van der Waals surface area contributed by atoms with E-state index in [-0.39, 0.29) is 12.5 Å². The zero-order valence-corrected chi connectivity index (χ0v) is 12.9. The molecule has 0 fully saturated rings. The van der Waals surface area contributed by atoms with Crippen molar-refractivity contribution in [3.05, 3.63) is 51.9 Å². The van der Waals surface area contributed by atoms with Gasteiger partial charge in [0, 0.05) is 12.4 Å². The van der Waals surface area contributed by atoms with Gasteiger partial charge in [-0.25, -0.2) is 4.79 Å². The molecule has 0 aromatic carbocycles. The van der Waals surface area contributed by atoms with Crippen molar-refractivity contribution in [1.82, 2.24) is 15.2 Å². The Balaban J connectivity index is 1.64. The highest BCUT2D eigenvalue weighted by molar-refractivity contribution is 9.11. The zero-order valence-electron chi connectivity index (χ0n) is 10.5. The molecule has 0 spiro atoms. The smallest absolute Gasteiger partial charge is 0.340 e. The average molecular weight is 366 g/mol. The lowest BCUT2D eigenvalue weighted by molar-refractivity contribution is 0.0438. The Labute approximate surface area is 131 Å². The largest absolute Gasteiger partial charge is 0.452 e. The van der Waals surface area contributed by atoms with Crippen LogP contribution >= 0.6 is 27.3 Å². The molecule has 0 saturated carbocycles. The Bertz CT molecular complexity index is 757. The molecule has 3 heterocycles. The van der Waals surface area contributed by atoms with Gasteiger partial charge in [-0.05, 0) is 40.2 Å². The van der Waals surface area contributed by atoms with E-state index in [1.54, 1.807) is 18.3 Å². The highest BCUT2D eigenvalue weighted by Crippen LogP contribution is 2.30. The summed E-state index contributed by atoms with van der Waals surface area (Å²) < 4.78 is 11.5. The Morgan fingerprint density at radius 2 is 2.24 bits per heavy atom. The molecule has 0 radical (unpaired) electrons. The summed E-state index contributed by atoms with van der Waals surface area (Å²) in [6.07, 6.45) is 3.02. The van der Waals surface area contributed by atoms with Crippen LogP contribution in [0.25, 0.3) is 10.8 Å². The molecule has 8 heteroatoms. The third-order valence-electron chi connectivity index (χ3n) is 2.47. The van der Waals surface area contributed by atoms with E-state index >= 15 is 0 Å². The van der Waals surface area contributed by atoms with Gasteiger partial charge >= 0.3 is 5.97 Å². The van der Waals surface area contributed by atoms with Crippen LogP contribution in [0.3, 0.4) is 0 Å². The molecule has 21 heavy (non-hydrogen) atoms. The minimum absolute atomic E-state index is 0.0761. The molecule has 106 valence electrons. The summed E-state index contributed by atoms with van der Waals surface area (Å²) in [6.45, 7) is -0.0761. The van der Waals surface area contributed by atoms with E-state index in [0.717, 1.165) is 8.66 Å². The molecular weight excluding hydrogens is 358 g/mol. The van der Waals surface area contributed by atoms with E-state index in [4.69, 9.17) is 9.15 Å². The number of carbonyl (C=O) groups is 1. The van der Waals surface area contributed by atoms with Crippen molar-refractivity contribution in [2.24, 2.45) is 0 Å². The Morgan fingerprint density at radius 1 is 1.33 bits per heavy atom. The second kappa shape index (κ2) is 6.15. The highest BCUT2D eigenvalue weighted by Gasteiger charge is 2.13. The van der Waals surface area contributed by atoms with E-state index < -0.39 is 5.97 Å². The van der Waals surface area contributed by atoms with Gasteiger partial charge in [0.2, 0.25) is 0 Å². The van der Waals surface area contributed by atoms with Gasteiger partial charge in [0.15, 0.2) is 6.61 Å². The van der Waals surface area contributed by atoms with Crippen LogP contribution < -0.4 is 0 Å². The van der Waals surface area contributed by atoms with E-state index in [9.17, 15) is 4.79 Å². The SMILES string of the molecule is O=C(OCc1nnc(-c2ccc(Br)s2)o1)c1cccnc1. The number of pyridine rings is 1. The van der Waals surface area contributed by atoms with Crippen LogP contribution in [0.5, 0.6) is 0 Å². The maximum Gasteiger partial charge on any atom is 0.340 e. The monoisotopic (exact) mass is 365 g/mol. The van der Waals surface area contributed by atoms with Crippen molar-refractivity contribution < 1.29 is 13.9 Å². The van der Waals surface area contributed by atoms with E-state index in [2.05, 4.69) is 31.1 Å². The average Bonchev–Trinajstić information content (AvgIpc) is 3.14. The van der Waals surface area contributed by atoms with Gasteiger partial charge in [-0.1, -0.05) is 0 Å². The molecule has 0 atom stereocenters. The van der Waals surface area contributed by atoms with Crippen molar-refractivity contribution in [3.8, 4) is 10.8 Å². The van der Waals surface area contributed by atoms with Gasteiger partial charge in [-0.15, -0.1) is 21.5 Å². The topological polar surface area (TPSA) is 78.1 Å². The predicted molar refractivity (Wildman–Crippen MR) is 78.7 cm³/mol. The molecule has 0 bridgehead atoms. The van der Waals surface area contributed by atoms with Crippen LogP contribution in [0.1, 0.15) is 16.2 Å². The third-order valence-corrected chi connectivity index (χ3v) is 4.09. The number of hydrogen-bond acceptors (Lipinski definition) is 7. The van der Waals surface area contributed by atoms with Crippen LogP contribution in [-0.2, 0) is 11.3 Å². The van der Waals surface area contributed by atoms with Gasteiger partial charge in [0.1, 0.15) is 0 Å². The van der Waals surface area contributed by atoms with E-state index in [1.807, 2.05) is 12.1 Å². The molecule has 0 aliphatic heterocycles. The van der Waals surface area contributed by atoms with Crippen LogP contribution in [-0.4, -0.2) is 21.2 Å². The van der Waals surface area contributed by atoms with Gasteiger partial charge in [0.25, 0.3) is 11.8 Å². The number of hydrogen-bond donors (Lipinski definition) is 0. The number of carbonyl (C=O) groups excluding carboxylic acids is 1. The lowest BCUT2D eigenvalue weighted by Crippen LogP contribution is -2.05. The van der Waals surface area contributed by atoms with Gasteiger partial charge < -0.3 is 9.15 Å². The normalized spacial score (nSPS) is 10.5. The first-order valence-electron chi connectivity index (χ1n) is 5.87. The number of ether oxygens (including phenoxy) is 1. The number of esters is 1. The summed E-state index contributed by atoms with van der Waals surface area (Å²) in [5.74, 6) is 0.159. The molecule has 0 amide bonds. The standard InChI is InChI=1S/C13H8BrN3O3S/c14-10-4-3-9(21-10)12-17-16-11(20-12)7-19-13(18)8-2-1-5-15-6-8/h1-6H,7H2. The lowest BCUT2D eigenvalue weighted by atomic mass is 10.3. The lowest BCUT2D eigenvalue weighted by Gasteiger charge is -2.00. The molecule has 3 aromatic heterocycles. The van der Waals surface area contributed by atoms with Crippen molar-refractivity contribution >= 4 is 33.2 Å². The van der Waals surface area contributed by atoms with Crippen LogP contribution in [0.15, 0.2) is 44.9 Å². The van der Waals surface area contributed by atoms with Gasteiger partial charge in [-0.3, -0.25) is 4.98 Å². The summed E-state index contributed by atoms with van der Waals surface area (Å²) in [5.41, 5.74) is 0.374. The first-order chi connectivity index (χ1) is 10.2. The van der Waals surface area contributed by atoms with Crippen molar-refractivity contribution in [1.29, 1.82) is 0 Å². The molecule has 0 unspecified atom stereocenters. The minimum atomic E-state index is -0.485. The van der Waals surface area contributed by atoms with Crippen molar-refractivity contribution in [3.63, 3.8) is 0 Å². The molecule has 0 aliphatic rings. The first-order valence-corrected chi connectivity index (χ1v) is 7.48. The minimum Gasteiger partial charge on any atom is -0.452 e. The molecular formula is C13H8BrN3O3S. The van der Waals surface area contributed by atoms with Crippen molar-refractivity contribution in [2.45, 2.75) is 6.61 Å². The maximum atomic E-state index is 11.7. The Morgan fingerprint density at radius 3 is 2.95 bits per heavy atom. The van der Waals surface area contributed by atoms with Crippen LogP contribution in [0.2, 0.25) is 0 Å². The van der Waals surface area contributed by atoms with Crippen LogP contribution in [0, 0.1) is 0 Å². The highest BCUT2D eigenvalue weighted by atomic mass is 79.9. The first kappa shape index (κ1) is 13.9. The molecule has 0 saturated heterocycles. The number of halogens is 1. The number of thiophene rings is 1.